The Bertz CT molecular complexity index is 1950. The van der Waals surface area contributed by atoms with Crippen molar-refractivity contribution in [2.24, 2.45) is 0 Å². The Morgan fingerprint density at radius 2 is 1.24 bits per heavy atom. The van der Waals surface area contributed by atoms with Crippen LogP contribution in [0.4, 0.5) is 5.69 Å². The van der Waals surface area contributed by atoms with Crippen molar-refractivity contribution < 1.29 is 0 Å². The van der Waals surface area contributed by atoms with Crippen LogP contribution >= 0.6 is 0 Å². The van der Waals surface area contributed by atoms with Crippen LogP contribution in [0.2, 0.25) is 0 Å². The Morgan fingerprint density at radius 1 is 0.618 bits per heavy atom. The molecule has 0 aliphatic carbocycles. The van der Waals surface area contributed by atoms with Gasteiger partial charge >= 0.3 is 0 Å². The van der Waals surface area contributed by atoms with Gasteiger partial charge in [0.2, 0.25) is 0 Å². The maximum atomic E-state index is 13.7. The second-order valence-corrected chi connectivity index (χ2v) is 8.56. The number of anilines is 1. The first-order valence-corrected chi connectivity index (χ1v) is 11.2. The van der Waals surface area contributed by atoms with Gasteiger partial charge < -0.3 is 15.7 Å². The summed E-state index contributed by atoms with van der Waals surface area (Å²) in [6, 6.07) is 31.8. The first-order valence-electron chi connectivity index (χ1n) is 11.2. The van der Waals surface area contributed by atoms with Crippen molar-refractivity contribution >= 4 is 44.0 Å². The number of rotatable bonds is 2. The monoisotopic (exact) mass is 440 g/mol. The molecule has 0 fully saturated rings. The highest BCUT2D eigenvalue weighted by Gasteiger charge is 2.24. The molecule has 0 saturated heterocycles. The number of hydrogen-bond acceptors (Lipinski definition) is 2. The zero-order valence-electron chi connectivity index (χ0n) is 18.2. The molecule has 0 bridgehead atoms. The molecule has 4 aromatic carbocycles. The topological polar surface area (TPSA) is 79.1 Å². The molecule has 3 aromatic heterocycles. The number of benzene rings is 4. The average molecular weight is 441 g/mol. The summed E-state index contributed by atoms with van der Waals surface area (Å²) in [6.07, 6.45) is 0. The molecule has 5 nitrogen and oxygen atoms in total. The van der Waals surface area contributed by atoms with Gasteiger partial charge in [-0.15, -0.1) is 0 Å². The van der Waals surface area contributed by atoms with Crippen LogP contribution in [-0.4, -0.2) is 14.4 Å². The number of nitrogens with two attached hydrogens (primary N) is 1. The lowest BCUT2D eigenvalue weighted by Gasteiger charge is -2.09. The van der Waals surface area contributed by atoms with Gasteiger partial charge in [0, 0.05) is 38.7 Å². The second kappa shape index (κ2) is 6.86. The van der Waals surface area contributed by atoms with Crippen LogP contribution in [0, 0.1) is 0 Å². The van der Waals surface area contributed by atoms with Crippen LogP contribution in [0.3, 0.4) is 0 Å². The Labute approximate surface area is 194 Å². The van der Waals surface area contributed by atoms with E-state index in [1.54, 1.807) is 4.40 Å². The number of H-pyrrole nitrogens is 2. The summed E-state index contributed by atoms with van der Waals surface area (Å²) in [7, 11) is 0. The van der Waals surface area contributed by atoms with E-state index >= 15 is 0 Å². The second-order valence-electron chi connectivity index (χ2n) is 8.56. The Morgan fingerprint density at radius 3 is 2.03 bits per heavy atom. The summed E-state index contributed by atoms with van der Waals surface area (Å²) in [5, 5.41) is 2.74. The van der Waals surface area contributed by atoms with E-state index in [1.165, 1.54) is 0 Å². The minimum atomic E-state index is -0.0348. The van der Waals surface area contributed by atoms with Crippen molar-refractivity contribution in [2.75, 3.05) is 5.73 Å². The normalized spacial score (nSPS) is 11.8. The first-order chi connectivity index (χ1) is 16.7. The summed E-state index contributed by atoms with van der Waals surface area (Å²) in [5.41, 5.74) is 14.4. The van der Waals surface area contributed by atoms with Crippen LogP contribution in [0.25, 0.3) is 60.7 Å². The van der Waals surface area contributed by atoms with E-state index in [2.05, 4.69) is 28.2 Å². The molecule has 0 aliphatic heterocycles. The zero-order valence-corrected chi connectivity index (χ0v) is 18.2. The van der Waals surface area contributed by atoms with Gasteiger partial charge in [-0.2, -0.15) is 0 Å². The summed E-state index contributed by atoms with van der Waals surface area (Å²) in [4.78, 5) is 20.9. The van der Waals surface area contributed by atoms with Crippen molar-refractivity contribution in [3.05, 3.63) is 107 Å². The fourth-order valence-corrected chi connectivity index (χ4v) is 5.18. The number of para-hydroxylation sites is 4. The van der Waals surface area contributed by atoms with Crippen LogP contribution < -0.4 is 11.3 Å². The van der Waals surface area contributed by atoms with Crippen molar-refractivity contribution in [2.45, 2.75) is 0 Å². The van der Waals surface area contributed by atoms with Gasteiger partial charge in [-0.05, 0) is 30.3 Å². The van der Waals surface area contributed by atoms with Gasteiger partial charge in [-0.1, -0.05) is 66.7 Å². The summed E-state index contributed by atoms with van der Waals surface area (Å²) in [5.74, 6) is 0. The van der Waals surface area contributed by atoms with Crippen molar-refractivity contribution in [1.82, 2.24) is 14.4 Å². The molecule has 4 N–H and O–H groups in total. The summed E-state index contributed by atoms with van der Waals surface area (Å²) >= 11 is 0. The number of nitrogens with one attached hydrogen (secondary N) is 2. The molecule has 0 amide bonds. The molecule has 7 rings (SSSR count). The van der Waals surface area contributed by atoms with Crippen molar-refractivity contribution in [3.63, 3.8) is 0 Å². The molecule has 5 heteroatoms. The van der Waals surface area contributed by atoms with E-state index in [9.17, 15) is 4.79 Å². The van der Waals surface area contributed by atoms with Crippen molar-refractivity contribution in [3.8, 4) is 22.4 Å². The third-order valence-corrected chi connectivity index (χ3v) is 6.67. The minimum Gasteiger partial charge on any atom is -0.398 e. The van der Waals surface area contributed by atoms with E-state index in [0.717, 1.165) is 55.4 Å². The number of nitrogens with zero attached hydrogens (tertiary/aromatic N) is 1. The number of nitrogen functional groups attached to an aromatic ring is 1. The lowest BCUT2D eigenvalue weighted by Crippen LogP contribution is -2.13. The van der Waals surface area contributed by atoms with Crippen LogP contribution in [-0.2, 0) is 0 Å². The van der Waals surface area contributed by atoms with E-state index in [4.69, 9.17) is 5.73 Å². The maximum Gasteiger partial charge on any atom is 0.266 e. The molecule has 0 unspecified atom stereocenters. The molecule has 34 heavy (non-hydrogen) atoms. The van der Waals surface area contributed by atoms with Gasteiger partial charge in [0.25, 0.3) is 5.56 Å². The molecule has 162 valence electrons. The van der Waals surface area contributed by atoms with Crippen LogP contribution in [0.1, 0.15) is 0 Å². The van der Waals surface area contributed by atoms with Crippen molar-refractivity contribution in [1.29, 1.82) is 0 Å². The molecular formula is C29H20N4O. The molecular weight excluding hydrogens is 420 g/mol. The highest BCUT2D eigenvalue weighted by Crippen LogP contribution is 2.45. The molecule has 0 atom stereocenters. The Hall–Kier alpha value is -4.77. The van der Waals surface area contributed by atoms with Gasteiger partial charge in [0.1, 0.15) is 5.65 Å². The third kappa shape index (κ3) is 2.46. The lowest BCUT2D eigenvalue weighted by molar-refractivity contribution is 1.15. The number of aromatic amines is 2. The van der Waals surface area contributed by atoms with E-state index < -0.39 is 0 Å². The fourth-order valence-electron chi connectivity index (χ4n) is 5.18. The standard InChI is InChI=1S/C29H20N4O/c30-21-13-5-1-9-17(21)27-25(18-10-2-6-14-22(18)31-27)26-20-12-4-8-16-24(20)33-28(26)32-23-15-7-3-11-19(23)29(33)34/h1-16,31-32H,30H2. The van der Waals surface area contributed by atoms with Gasteiger partial charge in [0.05, 0.1) is 22.1 Å². The Balaban J connectivity index is 1.74. The first kappa shape index (κ1) is 18.8. The molecule has 7 aromatic rings. The molecule has 0 saturated carbocycles. The lowest BCUT2D eigenvalue weighted by atomic mass is 9.96. The van der Waals surface area contributed by atoms with Gasteiger partial charge in [0.15, 0.2) is 0 Å². The quantitative estimate of drug-likeness (QED) is 0.275. The summed E-state index contributed by atoms with van der Waals surface area (Å²) in [6.45, 7) is 0. The molecule has 0 radical (unpaired) electrons. The summed E-state index contributed by atoms with van der Waals surface area (Å²) < 4.78 is 1.80. The molecule has 0 aliphatic rings. The predicted molar refractivity (Wildman–Crippen MR) is 140 cm³/mol. The van der Waals surface area contributed by atoms with Gasteiger partial charge in [-0.25, -0.2) is 0 Å². The van der Waals surface area contributed by atoms with Crippen LogP contribution in [0.5, 0.6) is 0 Å². The predicted octanol–water partition coefficient (Wildman–Crippen LogP) is 6.33. The fraction of sp³-hybridized carbons (Fsp3) is 0. The average Bonchev–Trinajstić information content (AvgIpc) is 3.40. The SMILES string of the molecule is Nc1ccccc1-c1[nH]c2ccccc2c1-c1c2ccccc2n2c(=O)c3ccccc3[nH]c12. The minimum absolute atomic E-state index is 0.0348. The zero-order chi connectivity index (χ0) is 22.8. The molecule has 3 heterocycles. The number of aromatic nitrogens is 3. The largest absolute Gasteiger partial charge is 0.398 e. The van der Waals surface area contributed by atoms with E-state index in [-0.39, 0.29) is 5.56 Å². The van der Waals surface area contributed by atoms with Gasteiger partial charge in [-0.3, -0.25) is 9.20 Å². The molecule has 0 spiro atoms. The van der Waals surface area contributed by atoms with Crippen LogP contribution in [0.15, 0.2) is 102 Å². The van der Waals surface area contributed by atoms with E-state index in [0.29, 0.717) is 11.1 Å². The highest BCUT2D eigenvalue weighted by molar-refractivity contribution is 6.16. The maximum absolute atomic E-state index is 13.7. The number of fused-ring (bicyclic) bond motifs is 5. The third-order valence-electron chi connectivity index (χ3n) is 6.67. The Kier molecular flexibility index (Phi) is 3.79. The smallest absolute Gasteiger partial charge is 0.266 e. The van der Waals surface area contributed by atoms with E-state index in [1.807, 2.05) is 78.9 Å². The number of hydrogen-bond donors (Lipinski definition) is 3. The highest BCUT2D eigenvalue weighted by atomic mass is 16.1.